The molecule has 1 aliphatic carbocycles. The molecule has 4 nitrogen and oxygen atoms in total. The topological polar surface area (TPSA) is 63.4 Å². The maximum atomic E-state index is 12.5. The fourth-order valence-electron chi connectivity index (χ4n) is 2.33. The van der Waals surface area contributed by atoms with E-state index >= 15 is 0 Å². The lowest BCUT2D eigenvalue weighted by atomic mass is 9.91. The number of rotatable bonds is 5. The Kier molecular flexibility index (Phi) is 4.35. The fourth-order valence-corrected chi connectivity index (χ4v) is 2.33. The highest BCUT2D eigenvalue weighted by molar-refractivity contribution is 5.92. The molecule has 21 heavy (non-hydrogen) atoms. The Bertz CT molecular complexity index is 525. The fraction of sp³-hybridized carbons (Fsp3) is 0.529. The highest BCUT2D eigenvalue weighted by atomic mass is 16.2. The molecule has 0 saturated heterocycles. The third-order valence-electron chi connectivity index (χ3n) is 3.58. The summed E-state index contributed by atoms with van der Waals surface area (Å²) in [6.07, 6.45) is 2.74. The van der Waals surface area contributed by atoms with Gasteiger partial charge >= 0.3 is 0 Å². The van der Waals surface area contributed by atoms with E-state index in [-0.39, 0.29) is 11.3 Å². The zero-order chi connectivity index (χ0) is 15.6. The van der Waals surface area contributed by atoms with Crippen molar-refractivity contribution in [1.82, 2.24) is 4.90 Å². The van der Waals surface area contributed by atoms with Crippen molar-refractivity contribution >= 4 is 11.8 Å². The van der Waals surface area contributed by atoms with E-state index in [0.717, 1.165) is 18.4 Å². The van der Waals surface area contributed by atoms with Crippen LogP contribution in [0.4, 0.5) is 0 Å². The number of carbonyl (C=O) groups excluding carboxylic acids is 2. The zero-order valence-corrected chi connectivity index (χ0v) is 13.1. The average molecular weight is 288 g/mol. The second kappa shape index (κ2) is 5.88. The molecule has 0 heterocycles. The zero-order valence-electron chi connectivity index (χ0n) is 13.1. The SMILES string of the molecule is CC(C)(C)CC(=O)N(Cc1ccc(C(N)=O)cc1)C1CC1. The van der Waals surface area contributed by atoms with E-state index in [0.29, 0.717) is 24.6 Å². The molecule has 1 aromatic rings. The van der Waals surface area contributed by atoms with Gasteiger partial charge in [0, 0.05) is 24.6 Å². The first-order valence-electron chi connectivity index (χ1n) is 7.44. The van der Waals surface area contributed by atoms with Crippen molar-refractivity contribution in [1.29, 1.82) is 0 Å². The van der Waals surface area contributed by atoms with Crippen LogP contribution in [0, 0.1) is 5.41 Å². The van der Waals surface area contributed by atoms with E-state index in [1.165, 1.54) is 0 Å². The number of hydrogen-bond acceptors (Lipinski definition) is 2. The number of hydrogen-bond donors (Lipinski definition) is 1. The summed E-state index contributed by atoms with van der Waals surface area (Å²) < 4.78 is 0. The molecule has 0 spiro atoms. The molecule has 4 heteroatoms. The Morgan fingerprint density at radius 2 is 1.76 bits per heavy atom. The Morgan fingerprint density at radius 3 is 2.19 bits per heavy atom. The summed E-state index contributed by atoms with van der Waals surface area (Å²) >= 11 is 0. The Hall–Kier alpha value is -1.84. The Labute approximate surface area is 126 Å². The van der Waals surface area contributed by atoms with Crippen LogP contribution in [-0.4, -0.2) is 22.8 Å². The molecule has 0 unspecified atom stereocenters. The third-order valence-corrected chi connectivity index (χ3v) is 3.58. The van der Waals surface area contributed by atoms with Crippen molar-refractivity contribution in [2.24, 2.45) is 11.1 Å². The van der Waals surface area contributed by atoms with Crippen LogP contribution in [-0.2, 0) is 11.3 Å². The summed E-state index contributed by atoms with van der Waals surface area (Å²) in [6.45, 7) is 6.85. The van der Waals surface area contributed by atoms with Crippen LogP contribution in [0.15, 0.2) is 24.3 Å². The van der Waals surface area contributed by atoms with E-state index in [2.05, 4.69) is 20.8 Å². The van der Waals surface area contributed by atoms with E-state index in [9.17, 15) is 9.59 Å². The number of nitrogens with two attached hydrogens (primary N) is 1. The number of amides is 2. The van der Waals surface area contributed by atoms with Crippen molar-refractivity contribution < 1.29 is 9.59 Å². The molecule has 1 aromatic carbocycles. The minimum absolute atomic E-state index is 0.0000490. The molecule has 2 amide bonds. The summed E-state index contributed by atoms with van der Waals surface area (Å²) in [4.78, 5) is 25.5. The van der Waals surface area contributed by atoms with E-state index in [4.69, 9.17) is 5.73 Å². The highest BCUT2D eigenvalue weighted by Crippen LogP contribution is 2.31. The van der Waals surface area contributed by atoms with E-state index < -0.39 is 5.91 Å². The highest BCUT2D eigenvalue weighted by Gasteiger charge is 2.33. The molecule has 2 rings (SSSR count). The summed E-state index contributed by atoms with van der Waals surface area (Å²) in [7, 11) is 0. The molecule has 2 N–H and O–H groups in total. The maximum absolute atomic E-state index is 12.5. The summed E-state index contributed by atoms with van der Waals surface area (Å²) in [5, 5.41) is 0. The molecule has 0 atom stereocenters. The summed E-state index contributed by atoms with van der Waals surface area (Å²) in [5.41, 5.74) is 6.77. The van der Waals surface area contributed by atoms with Crippen LogP contribution >= 0.6 is 0 Å². The van der Waals surface area contributed by atoms with Gasteiger partial charge in [0.15, 0.2) is 0 Å². The molecular formula is C17H24N2O2. The van der Waals surface area contributed by atoms with E-state index in [1.807, 2.05) is 17.0 Å². The van der Waals surface area contributed by atoms with Crippen molar-refractivity contribution in [3.8, 4) is 0 Å². The maximum Gasteiger partial charge on any atom is 0.248 e. The van der Waals surface area contributed by atoms with Gasteiger partial charge in [-0.3, -0.25) is 9.59 Å². The smallest absolute Gasteiger partial charge is 0.248 e. The lowest BCUT2D eigenvalue weighted by Crippen LogP contribution is -2.34. The Balaban J connectivity index is 2.06. The van der Waals surface area contributed by atoms with Gasteiger partial charge in [0.25, 0.3) is 0 Å². The first-order valence-corrected chi connectivity index (χ1v) is 7.44. The minimum atomic E-state index is -0.426. The second-order valence-electron chi connectivity index (χ2n) is 7.05. The molecule has 0 radical (unpaired) electrons. The van der Waals surface area contributed by atoms with Gasteiger partial charge in [-0.1, -0.05) is 32.9 Å². The first-order chi connectivity index (χ1) is 9.76. The minimum Gasteiger partial charge on any atom is -0.366 e. The van der Waals surface area contributed by atoms with Gasteiger partial charge in [0.1, 0.15) is 0 Å². The number of primary amides is 1. The van der Waals surface area contributed by atoms with Gasteiger partial charge in [-0.2, -0.15) is 0 Å². The normalized spacial score (nSPS) is 14.8. The molecule has 1 fully saturated rings. The number of carbonyl (C=O) groups is 2. The standard InChI is InChI=1S/C17H24N2O2/c1-17(2,3)10-15(20)19(14-8-9-14)11-12-4-6-13(7-5-12)16(18)21/h4-7,14H,8-11H2,1-3H3,(H2,18,21). The van der Waals surface area contributed by atoms with Crippen LogP contribution in [0.1, 0.15) is 56.0 Å². The van der Waals surface area contributed by atoms with Crippen LogP contribution in [0.25, 0.3) is 0 Å². The number of benzene rings is 1. The second-order valence-corrected chi connectivity index (χ2v) is 7.05. The number of nitrogens with zero attached hydrogens (tertiary/aromatic N) is 1. The summed E-state index contributed by atoms with van der Waals surface area (Å²) in [5.74, 6) is -0.214. The average Bonchev–Trinajstić information content (AvgIpc) is 3.18. The van der Waals surface area contributed by atoms with Gasteiger partial charge in [-0.15, -0.1) is 0 Å². The van der Waals surface area contributed by atoms with Crippen molar-refractivity contribution in [2.45, 2.75) is 52.6 Å². The van der Waals surface area contributed by atoms with Gasteiger partial charge in [0.05, 0.1) is 0 Å². The van der Waals surface area contributed by atoms with Crippen LogP contribution in [0.2, 0.25) is 0 Å². The Morgan fingerprint density at radius 1 is 1.19 bits per heavy atom. The molecule has 1 aliphatic rings. The van der Waals surface area contributed by atoms with Crippen LogP contribution < -0.4 is 5.73 Å². The quantitative estimate of drug-likeness (QED) is 0.905. The monoisotopic (exact) mass is 288 g/mol. The van der Waals surface area contributed by atoms with E-state index in [1.54, 1.807) is 12.1 Å². The lowest BCUT2D eigenvalue weighted by Gasteiger charge is -2.27. The van der Waals surface area contributed by atoms with Crippen molar-refractivity contribution in [3.63, 3.8) is 0 Å². The predicted octanol–water partition coefficient (Wildman–Crippen LogP) is 2.71. The molecular weight excluding hydrogens is 264 g/mol. The van der Waals surface area contributed by atoms with Crippen molar-refractivity contribution in [3.05, 3.63) is 35.4 Å². The van der Waals surface area contributed by atoms with Crippen LogP contribution in [0.3, 0.4) is 0 Å². The van der Waals surface area contributed by atoms with Gasteiger partial charge in [-0.05, 0) is 36.0 Å². The molecule has 0 aliphatic heterocycles. The van der Waals surface area contributed by atoms with Crippen LogP contribution in [0.5, 0.6) is 0 Å². The largest absolute Gasteiger partial charge is 0.366 e. The molecule has 0 aromatic heterocycles. The summed E-state index contributed by atoms with van der Waals surface area (Å²) in [6, 6.07) is 7.57. The lowest BCUT2D eigenvalue weighted by molar-refractivity contribution is -0.134. The molecule has 0 bridgehead atoms. The van der Waals surface area contributed by atoms with Crippen molar-refractivity contribution in [2.75, 3.05) is 0 Å². The van der Waals surface area contributed by atoms with Gasteiger partial charge in [0.2, 0.25) is 11.8 Å². The van der Waals surface area contributed by atoms with Gasteiger partial charge in [-0.25, -0.2) is 0 Å². The predicted molar refractivity (Wildman–Crippen MR) is 82.6 cm³/mol. The van der Waals surface area contributed by atoms with Gasteiger partial charge < -0.3 is 10.6 Å². The first kappa shape index (κ1) is 15.5. The third kappa shape index (κ3) is 4.59. The molecule has 114 valence electrons. The molecule has 1 saturated carbocycles.